The molecule has 2 heterocycles. The molecular weight excluding hydrogens is 282 g/mol. The Morgan fingerprint density at radius 3 is 2.41 bits per heavy atom. The molecule has 1 fully saturated rings. The zero-order valence-corrected chi connectivity index (χ0v) is 12.7. The first-order valence-corrected chi connectivity index (χ1v) is 7.61. The second-order valence-electron chi connectivity index (χ2n) is 5.95. The van der Waals surface area contributed by atoms with Crippen LogP contribution in [0.25, 0.3) is 5.57 Å². The van der Waals surface area contributed by atoms with Crippen molar-refractivity contribution in [3.05, 3.63) is 35.4 Å². The molecule has 2 unspecified atom stereocenters. The lowest BCUT2D eigenvalue weighted by Crippen LogP contribution is -2.39. The number of carbonyl (C=O) groups is 1. The minimum atomic E-state index is -0.847. The molecule has 2 N–H and O–H groups in total. The number of methoxy groups -OCH3 is 1. The van der Waals surface area contributed by atoms with Crippen LogP contribution in [0, 0.1) is 0 Å². The fraction of sp³-hybridized carbons (Fsp3) is 0.471. The van der Waals surface area contributed by atoms with Crippen molar-refractivity contribution in [2.24, 2.45) is 0 Å². The number of fused-ring (bicyclic) bond motifs is 2. The summed E-state index contributed by atoms with van der Waals surface area (Å²) in [6.45, 7) is -0.0158. The van der Waals surface area contributed by atoms with E-state index in [0.717, 1.165) is 35.3 Å². The van der Waals surface area contributed by atoms with E-state index in [9.17, 15) is 15.0 Å². The van der Waals surface area contributed by atoms with E-state index in [0.29, 0.717) is 12.8 Å². The van der Waals surface area contributed by atoms with Crippen LogP contribution in [-0.2, 0) is 0 Å². The number of carboxylic acid groups (broad SMARTS) is 1. The van der Waals surface area contributed by atoms with Gasteiger partial charge in [-0.2, -0.15) is 0 Å². The first-order chi connectivity index (χ1) is 10.6. The molecular formula is C17H21NO4. The van der Waals surface area contributed by atoms with E-state index >= 15 is 0 Å². The van der Waals surface area contributed by atoms with Crippen LogP contribution in [0.4, 0.5) is 4.79 Å². The summed E-state index contributed by atoms with van der Waals surface area (Å²) < 4.78 is 5.18. The van der Waals surface area contributed by atoms with Crippen LogP contribution >= 0.6 is 0 Å². The number of aliphatic hydroxyl groups excluding tert-OH is 1. The van der Waals surface area contributed by atoms with E-state index in [1.165, 1.54) is 0 Å². The van der Waals surface area contributed by atoms with Crippen LogP contribution in [0.1, 0.15) is 31.2 Å². The van der Waals surface area contributed by atoms with Gasteiger partial charge >= 0.3 is 6.09 Å². The molecule has 1 aromatic carbocycles. The van der Waals surface area contributed by atoms with Crippen molar-refractivity contribution in [3.8, 4) is 5.75 Å². The topological polar surface area (TPSA) is 70.0 Å². The smallest absolute Gasteiger partial charge is 0.407 e. The normalized spacial score (nSPS) is 24.4. The number of ether oxygens (including phenoxy) is 1. The molecule has 0 spiro atoms. The van der Waals surface area contributed by atoms with E-state index in [2.05, 4.69) is 0 Å². The molecule has 0 saturated carbocycles. The van der Waals surface area contributed by atoms with E-state index in [1.807, 2.05) is 24.3 Å². The van der Waals surface area contributed by atoms with Crippen molar-refractivity contribution >= 4 is 11.7 Å². The van der Waals surface area contributed by atoms with Crippen molar-refractivity contribution in [3.63, 3.8) is 0 Å². The second-order valence-corrected chi connectivity index (χ2v) is 5.95. The molecule has 5 nitrogen and oxygen atoms in total. The van der Waals surface area contributed by atoms with E-state index in [-0.39, 0.29) is 18.7 Å². The van der Waals surface area contributed by atoms with Crippen LogP contribution in [0.3, 0.4) is 0 Å². The van der Waals surface area contributed by atoms with Crippen LogP contribution in [0.2, 0.25) is 0 Å². The lowest BCUT2D eigenvalue weighted by molar-refractivity contribution is 0.123. The fourth-order valence-electron chi connectivity index (χ4n) is 3.74. The maximum absolute atomic E-state index is 11.5. The van der Waals surface area contributed by atoms with Gasteiger partial charge in [0, 0.05) is 12.1 Å². The molecule has 3 rings (SSSR count). The predicted octanol–water partition coefficient (Wildman–Crippen LogP) is 2.75. The first-order valence-electron chi connectivity index (χ1n) is 7.61. The standard InChI is InChI=1S/C17H21NO4/c1-22-15-6-2-11(3-7-15)16-9-14-5-4-13(8-12(16)10-19)18(14)17(20)21/h2-3,6-7,13-14,19H,4-5,8-10H2,1H3,(H,20,21). The van der Waals surface area contributed by atoms with Gasteiger partial charge in [0.1, 0.15) is 5.75 Å². The van der Waals surface area contributed by atoms with Gasteiger partial charge in [0.05, 0.1) is 13.7 Å². The molecule has 2 atom stereocenters. The van der Waals surface area contributed by atoms with E-state index in [4.69, 9.17) is 4.74 Å². The summed E-state index contributed by atoms with van der Waals surface area (Å²) in [5.74, 6) is 0.789. The van der Waals surface area contributed by atoms with Crippen LogP contribution < -0.4 is 4.74 Å². The second kappa shape index (κ2) is 6.01. The molecule has 2 aliphatic heterocycles. The Morgan fingerprint density at radius 2 is 1.86 bits per heavy atom. The summed E-state index contributed by atoms with van der Waals surface area (Å²) in [5, 5.41) is 19.2. The fourth-order valence-corrected chi connectivity index (χ4v) is 3.74. The van der Waals surface area contributed by atoms with Crippen molar-refractivity contribution in [2.45, 2.75) is 37.8 Å². The van der Waals surface area contributed by atoms with Crippen molar-refractivity contribution in [2.75, 3.05) is 13.7 Å². The Morgan fingerprint density at radius 1 is 1.23 bits per heavy atom. The highest BCUT2D eigenvalue weighted by Gasteiger charge is 2.40. The summed E-state index contributed by atoms with van der Waals surface area (Å²) >= 11 is 0. The van der Waals surface area contributed by atoms with Crippen molar-refractivity contribution in [1.82, 2.24) is 4.90 Å². The quantitative estimate of drug-likeness (QED) is 0.901. The number of nitrogens with zero attached hydrogens (tertiary/aromatic N) is 1. The van der Waals surface area contributed by atoms with Gasteiger partial charge in [-0.15, -0.1) is 0 Å². The van der Waals surface area contributed by atoms with Crippen molar-refractivity contribution in [1.29, 1.82) is 0 Å². The average Bonchev–Trinajstić information content (AvgIpc) is 2.83. The van der Waals surface area contributed by atoms with Crippen molar-refractivity contribution < 1.29 is 19.7 Å². The Labute approximate surface area is 129 Å². The van der Waals surface area contributed by atoms with E-state index < -0.39 is 6.09 Å². The number of hydrogen-bond donors (Lipinski definition) is 2. The summed E-state index contributed by atoms with van der Waals surface area (Å²) in [5.41, 5.74) is 3.09. The highest BCUT2D eigenvalue weighted by molar-refractivity contribution is 5.73. The number of amides is 1. The SMILES string of the molecule is COc1ccc(C2=C(CO)CC3CCC(C2)N3C(=O)O)cc1. The van der Waals surface area contributed by atoms with Gasteiger partial charge in [0.2, 0.25) is 0 Å². The maximum Gasteiger partial charge on any atom is 0.407 e. The Bertz CT molecular complexity index is 593. The summed E-state index contributed by atoms with van der Waals surface area (Å²) in [7, 11) is 1.63. The predicted molar refractivity (Wildman–Crippen MR) is 82.9 cm³/mol. The lowest BCUT2D eigenvalue weighted by atomic mass is 9.89. The monoisotopic (exact) mass is 303 g/mol. The van der Waals surface area contributed by atoms with Crippen LogP contribution in [-0.4, -0.2) is 47.0 Å². The highest BCUT2D eigenvalue weighted by atomic mass is 16.5. The third kappa shape index (κ3) is 2.57. The summed E-state index contributed by atoms with van der Waals surface area (Å²) in [6, 6.07) is 7.77. The lowest BCUT2D eigenvalue weighted by Gasteiger charge is -2.25. The third-order valence-corrected chi connectivity index (χ3v) is 4.82. The Hall–Kier alpha value is -2.01. The summed E-state index contributed by atoms with van der Waals surface area (Å²) in [6.07, 6.45) is 2.23. The molecule has 2 bridgehead atoms. The Kier molecular flexibility index (Phi) is 4.07. The minimum absolute atomic E-state index is 0.000369. The molecule has 1 saturated heterocycles. The van der Waals surface area contributed by atoms with Crippen LogP contribution in [0.5, 0.6) is 5.75 Å². The average molecular weight is 303 g/mol. The number of hydrogen-bond acceptors (Lipinski definition) is 3. The largest absolute Gasteiger partial charge is 0.497 e. The molecule has 0 aliphatic carbocycles. The van der Waals surface area contributed by atoms with Crippen LogP contribution in [0.15, 0.2) is 29.8 Å². The maximum atomic E-state index is 11.5. The Balaban J connectivity index is 1.95. The number of benzene rings is 1. The first kappa shape index (κ1) is 14.9. The molecule has 118 valence electrons. The molecule has 1 aromatic rings. The zero-order valence-electron chi connectivity index (χ0n) is 12.7. The molecule has 5 heteroatoms. The molecule has 2 aliphatic rings. The molecule has 0 radical (unpaired) electrons. The van der Waals surface area contributed by atoms with E-state index in [1.54, 1.807) is 12.0 Å². The van der Waals surface area contributed by atoms with Gasteiger partial charge in [-0.25, -0.2) is 4.79 Å². The molecule has 1 amide bonds. The molecule has 22 heavy (non-hydrogen) atoms. The van der Waals surface area contributed by atoms with Gasteiger partial charge in [-0.05, 0) is 54.5 Å². The molecule has 0 aromatic heterocycles. The summed E-state index contributed by atoms with van der Waals surface area (Å²) in [4.78, 5) is 13.1. The third-order valence-electron chi connectivity index (χ3n) is 4.82. The number of aliphatic hydroxyl groups is 1. The van der Waals surface area contributed by atoms with Gasteiger partial charge in [-0.3, -0.25) is 0 Å². The number of rotatable bonds is 3. The van der Waals surface area contributed by atoms with Gasteiger partial charge in [0.15, 0.2) is 0 Å². The minimum Gasteiger partial charge on any atom is -0.497 e. The van der Waals surface area contributed by atoms with Gasteiger partial charge < -0.3 is 19.8 Å². The van der Waals surface area contributed by atoms with Gasteiger partial charge in [-0.1, -0.05) is 12.1 Å². The highest BCUT2D eigenvalue weighted by Crippen LogP contribution is 2.40. The van der Waals surface area contributed by atoms with Gasteiger partial charge in [0.25, 0.3) is 0 Å². The zero-order chi connectivity index (χ0) is 15.7.